The molecular weight excluding hydrogens is 295 g/mol. The highest BCUT2D eigenvalue weighted by Gasteiger charge is 2.17. The second-order valence-corrected chi connectivity index (χ2v) is 6.09. The molecule has 1 heterocycles. The Morgan fingerprint density at radius 2 is 2.04 bits per heavy atom. The van der Waals surface area contributed by atoms with Crippen molar-refractivity contribution in [2.75, 3.05) is 0 Å². The lowest BCUT2D eigenvalue weighted by Gasteiger charge is -2.19. The fourth-order valence-corrected chi connectivity index (χ4v) is 2.14. The van der Waals surface area contributed by atoms with E-state index in [1.54, 1.807) is 45.0 Å². The summed E-state index contributed by atoms with van der Waals surface area (Å²) < 4.78 is 18.5. The summed E-state index contributed by atoms with van der Waals surface area (Å²) >= 11 is 0. The van der Waals surface area contributed by atoms with Gasteiger partial charge < -0.3 is 4.74 Å². The smallest absolute Gasteiger partial charge is 0.310 e. The first kappa shape index (κ1) is 16.6. The highest BCUT2D eigenvalue weighted by Crippen LogP contribution is 2.31. The lowest BCUT2D eigenvalue weighted by molar-refractivity contribution is -0.153. The van der Waals surface area contributed by atoms with Crippen molar-refractivity contribution in [2.24, 2.45) is 0 Å². The van der Waals surface area contributed by atoms with Crippen LogP contribution in [0.15, 0.2) is 36.5 Å². The molecule has 4 nitrogen and oxygen atoms in total. The lowest BCUT2D eigenvalue weighted by Crippen LogP contribution is -2.24. The molecule has 1 aromatic carbocycles. The van der Waals surface area contributed by atoms with Gasteiger partial charge in [0.25, 0.3) is 0 Å². The minimum absolute atomic E-state index is 0.0881. The molecule has 118 valence electrons. The van der Waals surface area contributed by atoms with Crippen LogP contribution in [0, 0.1) is 12.5 Å². The Morgan fingerprint density at radius 3 is 2.65 bits per heavy atom. The molecule has 0 amide bonds. The van der Waals surface area contributed by atoms with Gasteiger partial charge in [-0.25, -0.2) is 9.83 Å². The molecule has 5 heteroatoms. The highest BCUT2D eigenvalue weighted by molar-refractivity contribution is 5.80. The number of rotatable bonds is 3. The van der Waals surface area contributed by atoms with Crippen LogP contribution in [0.2, 0.25) is 0 Å². The van der Waals surface area contributed by atoms with Crippen LogP contribution >= 0.6 is 0 Å². The van der Waals surface area contributed by atoms with Gasteiger partial charge >= 0.3 is 5.97 Å². The van der Waals surface area contributed by atoms with Crippen molar-refractivity contribution in [3.63, 3.8) is 0 Å². The number of esters is 1. The van der Waals surface area contributed by atoms with Gasteiger partial charge in [-0.05, 0) is 49.6 Å². The maximum absolute atomic E-state index is 13.2. The fraction of sp³-hybridized carbons (Fsp3) is 0.278. The molecule has 0 aliphatic rings. The van der Waals surface area contributed by atoms with Crippen molar-refractivity contribution in [2.45, 2.75) is 32.8 Å². The number of nitrogens with zero attached hydrogens (tertiary/aromatic N) is 2. The summed E-state index contributed by atoms with van der Waals surface area (Å²) in [6, 6.07) is 8.00. The monoisotopic (exact) mass is 312 g/mol. The molecule has 0 aliphatic carbocycles. The summed E-state index contributed by atoms with van der Waals surface area (Å²) in [4.78, 5) is 18.9. The zero-order valence-electron chi connectivity index (χ0n) is 13.3. The van der Waals surface area contributed by atoms with Crippen LogP contribution in [-0.2, 0) is 16.0 Å². The first-order valence-corrected chi connectivity index (χ1v) is 7.12. The van der Waals surface area contributed by atoms with Crippen molar-refractivity contribution in [3.05, 3.63) is 59.5 Å². The van der Waals surface area contributed by atoms with Crippen LogP contribution in [0.5, 0.6) is 0 Å². The Labute approximate surface area is 134 Å². The molecule has 0 N–H and O–H groups in total. The van der Waals surface area contributed by atoms with E-state index in [2.05, 4.69) is 9.83 Å². The van der Waals surface area contributed by atoms with Gasteiger partial charge in [0.05, 0.1) is 13.0 Å². The average molecular weight is 312 g/mol. The molecule has 0 spiro atoms. The Balaban J connectivity index is 2.27. The maximum atomic E-state index is 13.2. The molecule has 0 saturated carbocycles. The van der Waals surface area contributed by atoms with E-state index >= 15 is 0 Å². The first-order valence-electron chi connectivity index (χ1n) is 7.12. The quantitative estimate of drug-likeness (QED) is 0.481. The number of carbonyl (C=O) groups excluding carboxylic acids is 1. The lowest BCUT2D eigenvalue weighted by atomic mass is 10.0. The molecule has 0 saturated heterocycles. The van der Waals surface area contributed by atoms with Gasteiger partial charge in [0.1, 0.15) is 5.60 Å². The third-order valence-electron chi connectivity index (χ3n) is 2.99. The van der Waals surface area contributed by atoms with E-state index < -0.39 is 11.5 Å². The molecule has 1 aromatic heterocycles. The van der Waals surface area contributed by atoms with Crippen molar-refractivity contribution >= 4 is 11.7 Å². The molecule has 2 aromatic rings. The van der Waals surface area contributed by atoms with Crippen LogP contribution < -0.4 is 0 Å². The normalized spacial score (nSPS) is 10.9. The molecule has 0 radical (unpaired) electrons. The molecule has 23 heavy (non-hydrogen) atoms. The second kappa shape index (κ2) is 6.57. The zero-order valence-corrected chi connectivity index (χ0v) is 13.3. The van der Waals surface area contributed by atoms with E-state index in [9.17, 15) is 9.18 Å². The van der Waals surface area contributed by atoms with E-state index in [4.69, 9.17) is 11.3 Å². The van der Waals surface area contributed by atoms with Crippen molar-refractivity contribution in [1.29, 1.82) is 0 Å². The topological polar surface area (TPSA) is 43.5 Å². The number of hydrogen-bond donors (Lipinski definition) is 0. The number of aromatic nitrogens is 1. The van der Waals surface area contributed by atoms with Crippen molar-refractivity contribution < 1.29 is 13.9 Å². The van der Waals surface area contributed by atoms with Crippen LogP contribution in [0.25, 0.3) is 16.0 Å². The molecular formula is C18H17FN2O2. The number of halogens is 1. The van der Waals surface area contributed by atoms with Gasteiger partial charge in [0.15, 0.2) is 5.69 Å². The number of hydrogen-bond acceptors (Lipinski definition) is 3. The summed E-state index contributed by atoms with van der Waals surface area (Å²) in [6.07, 6.45) is 1.44. The molecule has 0 atom stereocenters. The Morgan fingerprint density at radius 1 is 1.30 bits per heavy atom. The number of ether oxygens (including phenoxy) is 1. The second-order valence-electron chi connectivity index (χ2n) is 6.09. The van der Waals surface area contributed by atoms with Gasteiger partial charge in [-0.1, -0.05) is 18.2 Å². The number of pyridine rings is 1. The van der Waals surface area contributed by atoms with Crippen LogP contribution in [0.3, 0.4) is 0 Å². The van der Waals surface area contributed by atoms with Crippen molar-refractivity contribution in [1.82, 2.24) is 4.98 Å². The zero-order chi connectivity index (χ0) is 17.0. The van der Waals surface area contributed by atoms with E-state index in [0.29, 0.717) is 22.4 Å². The third-order valence-corrected chi connectivity index (χ3v) is 2.99. The maximum Gasteiger partial charge on any atom is 0.310 e. The van der Waals surface area contributed by atoms with Gasteiger partial charge in [-0.15, -0.1) is 0 Å². The first-order chi connectivity index (χ1) is 10.8. The van der Waals surface area contributed by atoms with E-state index in [1.807, 2.05) is 0 Å². The van der Waals surface area contributed by atoms with Crippen molar-refractivity contribution in [3.8, 4) is 11.1 Å². The van der Waals surface area contributed by atoms with Crippen LogP contribution in [0.4, 0.5) is 10.1 Å². The molecule has 2 rings (SSSR count). The summed E-state index contributed by atoms with van der Waals surface area (Å²) in [6.45, 7) is 12.7. The SMILES string of the molecule is [C-]#[N+]c1cc(CC(=O)OC(C)(C)C)ccc1-c1ccnc(F)c1. The number of benzene rings is 1. The molecule has 0 unspecified atom stereocenters. The van der Waals surface area contributed by atoms with E-state index in [0.717, 1.165) is 0 Å². The predicted molar refractivity (Wildman–Crippen MR) is 85.4 cm³/mol. The Kier molecular flexibility index (Phi) is 4.75. The standard InChI is InChI=1S/C18H17FN2O2/c1-18(2,3)23-17(22)10-12-5-6-14(15(9-12)20-4)13-7-8-21-16(19)11-13/h5-9,11H,10H2,1-3H3. The summed E-state index contributed by atoms with van der Waals surface area (Å²) in [5.74, 6) is -0.951. The summed E-state index contributed by atoms with van der Waals surface area (Å²) in [5, 5.41) is 0. The predicted octanol–water partition coefficient (Wildman–Crippen LogP) is 4.32. The molecule has 0 aliphatic heterocycles. The van der Waals surface area contributed by atoms with Gasteiger partial charge in [0.2, 0.25) is 5.95 Å². The summed E-state index contributed by atoms with van der Waals surface area (Å²) in [5.41, 5.74) is 1.68. The summed E-state index contributed by atoms with van der Waals surface area (Å²) in [7, 11) is 0. The van der Waals surface area contributed by atoms with Gasteiger partial charge in [-0.2, -0.15) is 4.39 Å². The van der Waals surface area contributed by atoms with E-state index in [1.165, 1.54) is 12.3 Å². The van der Waals surface area contributed by atoms with Crippen LogP contribution in [0.1, 0.15) is 26.3 Å². The van der Waals surface area contributed by atoms with Crippen LogP contribution in [-0.4, -0.2) is 16.6 Å². The highest BCUT2D eigenvalue weighted by atomic mass is 19.1. The molecule has 0 bridgehead atoms. The minimum atomic E-state index is -0.601. The largest absolute Gasteiger partial charge is 0.460 e. The Bertz CT molecular complexity index is 773. The van der Waals surface area contributed by atoms with Gasteiger partial charge in [0, 0.05) is 6.20 Å². The average Bonchev–Trinajstić information content (AvgIpc) is 2.45. The van der Waals surface area contributed by atoms with E-state index in [-0.39, 0.29) is 12.4 Å². The number of carbonyl (C=O) groups is 1. The minimum Gasteiger partial charge on any atom is -0.460 e. The fourth-order valence-electron chi connectivity index (χ4n) is 2.14. The third kappa shape index (κ3) is 4.62. The Hall–Kier alpha value is -2.74. The molecule has 0 fully saturated rings. The van der Waals surface area contributed by atoms with Gasteiger partial charge in [-0.3, -0.25) is 4.79 Å².